The molecule has 0 saturated carbocycles. The zero-order chi connectivity index (χ0) is 16.3. The Bertz CT molecular complexity index is 610. The van der Waals surface area contributed by atoms with Crippen LogP contribution in [0.3, 0.4) is 0 Å². The van der Waals surface area contributed by atoms with Gasteiger partial charge < -0.3 is 0 Å². The summed E-state index contributed by atoms with van der Waals surface area (Å²) < 4.78 is 12.8. The second kappa shape index (κ2) is 10.1. The van der Waals surface area contributed by atoms with Crippen molar-refractivity contribution in [2.24, 2.45) is 5.92 Å². The van der Waals surface area contributed by atoms with E-state index < -0.39 is 12.2 Å². The molecule has 0 radical (unpaired) electrons. The summed E-state index contributed by atoms with van der Waals surface area (Å²) >= 11 is 2.41. The van der Waals surface area contributed by atoms with Crippen molar-refractivity contribution in [3.05, 3.63) is 23.8 Å². The minimum Gasteiger partial charge on any atom is -0.147 e. The number of hydrogen-bond acceptors (Lipinski definition) is 4. The molecule has 1 aromatic carbocycles. The van der Waals surface area contributed by atoms with E-state index in [1.165, 1.54) is 0 Å². The number of amides is 2. The predicted octanol–water partition coefficient (Wildman–Crippen LogP) is 3.52. The number of carbonyl (C=O) groups excluding carboxylic acids is 2. The summed E-state index contributed by atoms with van der Waals surface area (Å²) in [6.45, 7) is 6.00. The molecular formula is C16H21Cl2NO4Ru. The number of fused-ring (bicyclic) bond motifs is 1. The fraction of sp³-hybridized carbons (Fsp3) is 0.438. The molecule has 0 fully saturated rings. The van der Waals surface area contributed by atoms with Gasteiger partial charge in [-0.25, -0.2) is 0 Å². The molecule has 1 heterocycles. The maximum atomic E-state index is 12.5. The van der Waals surface area contributed by atoms with Gasteiger partial charge in [0.25, 0.3) is 0 Å². The zero-order valence-electron chi connectivity index (χ0n) is 13.6. The Balaban J connectivity index is 0.00000264. The second-order valence-corrected chi connectivity index (χ2v) is 5.96. The van der Waals surface area contributed by atoms with Gasteiger partial charge in [-0.3, -0.25) is 0 Å². The molecule has 1 aliphatic heterocycles. The Kier molecular flexibility index (Phi) is 9.71. The third-order valence-corrected chi connectivity index (χ3v) is 3.77. The van der Waals surface area contributed by atoms with Crippen LogP contribution in [-0.2, 0) is 27.4 Å². The van der Waals surface area contributed by atoms with Gasteiger partial charge in [0.05, 0.1) is 0 Å². The molecule has 0 aliphatic carbocycles. The first-order chi connectivity index (χ1) is 10.5. The van der Waals surface area contributed by atoms with Crippen LogP contribution in [0.1, 0.15) is 32.8 Å². The summed E-state index contributed by atoms with van der Waals surface area (Å²) in [6, 6.07) is 5.34. The first kappa shape index (κ1) is 23.0. The number of halogens is 2. The summed E-state index contributed by atoms with van der Waals surface area (Å²) in [4.78, 5) is 25.9. The van der Waals surface area contributed by atoms with Gasteiger partial charge in [-0.2, -0.15) is 0 Å². The minimum atomic E-state index is -0.674. The normalized spacial score (nSPS) is 15.6. The van der Waals surface area contributed by atoms with E-state index in [0.717, 1.165) is 10.5 Å². The van der Waals surface area contributed by atoms with Crippen LogP contribution < -0.4 is 9.64 Å². The van der Waals surface area contributed by atoms with E-state index >= 15 is 0 Å². The Morgan fingerprint density at radius 3 is 2.62 bits per heavy atom. The molecule has 0 spiro atoms. The average Bonchev–Trinajstić information content (AvgIpc) is 2.51. The fourth-order valence-corrected chi connectivity index (χ4v) is 2.53. The summed E-state index contributed by atoms with van der Waals surface area (Å²) in [7, 11) is 0. The van der Waals surface area contributed by atoms with Crippen LogP contribution in [0.5, 0.6) is 5.75 Å². The standard InChI is InChI=1S/C16H19NO4.2ClH.Ru/c1-5-13-15(18)17(16(19)20-9-10(2)3)12-8-6-7-11(4)14(12)21-13;;;/h4,6-8,10,13H,5,9H2,1-3H3;2*1H;. The Hall–Kier alpha value is -0.967. The molecular weight excluding hydrogens is 442 g/mol. The van der Waals surface area contributed by atoms with Gasteiger partial charge in [0.15, 0.2) is 0 Å². The quantitative estimate of drug-likeness (QED) is 0.642. The maximum Gasteiger partial charge on any atom is -0.147 e. The van der Waals surface area contributed by atoms with E-state index in [1.807, 2.05) is 31.4 Å². The number of benzene rings is 1. The first-order valence-corrected chi connectivity index (χ1v) is 8.22. The van der Waals surface area contributed by atoms with E-state index in [-0.39, 0.29) is 43.2 Å². The molecule has 0 saturated heterocycles. The molecule has 1 unspecified atom stereocenters. The van der Waals surface area contributed by atoms with Crippen LogP contribution in [0.2, 0.25) is 0 Å². The number of carbonyl (C=O) groups is 2. The van der Waals surface area contributed by atoms with Gasteiger partial charge >= 0.3 is 139 Å². The largest absolute Gasteiger partial charge is 0.147 e. The third-order valence-electron chi connectivity index (χ3n) is 3.23. The third kappa shape index (κ3) is 4.78. The van der Waals surface area contributed by atoms with Crippen molar-refractivity contribution in [3.8, 4) is 5.75 Å². The molecule has 2 rings (SSSR count). The SMILES string of the molecule is CCC1Oc2c([CH]=[Ru])cccc2N(C(=O)OCC(C)C)C1=O.Cl.Cl. The van der Waals surface area contributed by atoms with Crippen LogP contribution in [0.25, 0.3) is 0 Å². The van der Waals surface area contributed by atoms with Crippen LogP contribution in [0, 0.1) is 5.92 Å². The van der Waals surface area contributed by atoms with Gasteiger partial charge in [0.2, 0.25) is 0 Å². The maximum absolute atomic E-state index is 12.5. The summed E-state index contributed by atoms with van der Waals surface area (Å²) in [6.07, 6.45) is -0.839. The van der Waals surface area contributed by atoms with Crippen LogP contribution in [0.4, 0.5) is 10.5 Å². The Morgan fingerprint density at radius 2 is 2.08 bits per heavy atom. The molecule has 1 atom stereocenters. The van der Waals surface area contributed by atoms with Crippen molar-refractivity contribution >= 4 is 47.1 Å². The van der Waals surface area contributed by atoms with E-state index in [1.54, 1.807) is 12.1 Å². The van der Waals surface area contributed by atoms with Gasteiger partial charge in [-0.1, -0.05) is 0 Å². The number of rotatable bonds is 4. The van der Waals surface area contributed by atoms with Crippen LogP contribution in [0.15, 0.2) is 18.2 Å². The van der Waals surface area contributed by atoms with E-state index in [2.05, 4.69) is 17.9 Å². The zero-order valence-corrected chi connectivity index (χ0v) is 17.0. The van der Waals surface area contributed by atoms with E-state index in [9.17, 15) is 9.59 Å². The molecule has 1 aliphatic rings. The van der Waals surface area contributed by atoms with Crippen molar-refractivity contribution in [1.82, 2.24) is 0 Å². The average molecular weight is 463 g/mol. The second-order valence-electron chi connectivity index (χ2n) is 5.46. The van der Waals surface area contributed by atoms with Crippen molar-refractivity contribution in [2.75, 3.05) is 11.5 Å². The molecule has 136 valence electrons. The number of nitrogens with zero attached hydrogens (tertiary/aromatic N) is 1. The van der Waals surface area contributed by atoms with Gasteiger partial charge in [-0.05, 0) is 0 Å². The van der Waals surface area contributed by atoms with E-state index in [0.29, 0.717) is 17.9 Å². The van der Waals surface area contributed by atoms with Gasteiger partial charge in [-0.15, -0.1) is 24.8 Å². The molecule has 1 aromatic rings. The number of para-hydroxylation sites is 1. The Labute approximate surface area is 164 Å². The summed E-state index contributed by atoms with van der Waals surface area (Å²) in [5, 5.41) is 0. The molecule has 2 amide bonds. The van der Waals surface area contributed by atoms with E-state index in [4.69, 9.17) is 9.47 Å². The number of anilines is 1. The molecule has 24 heavy (non-hydrogen) atoms. The Morgan fingerprint density at radius 1 is 1.42 bits per heavy atom. The van der Waals surface area contributed by atoms with Crippen LogP contribution in [-0.4, -0.2) is 29.3 Å². The number of hydrogen-bond donors (Lipinski definition) is 0. The predicted molar refractivity (Wildman–Crippen MR) is 94.5 cm³/mol. The fourth-order valence-electron chi connectivity index (χ4n) is 2.13. The molecule has 0 N–H and O–H groups in total. The molecule has 0 bridgehead atoms. The summed E-state index contributed by atoms with van der Waals surface area (Å²) in [5.41, 5.74) is 1.25. The van der Waals surface area contributed by atoms with Crippen molar-refractivity contribution < 1.29 is 36.9 Å². The first-order valence-electron chi connectivity index (χ1n) is 7.22. The van der Waals surface area contributed by atoms with Gasteiger partial charge in [0, 0.05) is 0 Å². The monoisotopic (exact) mass is 463 g/mol. The van der Waals surface area contributed by atoms with Gasteiger partial charge in [0.1, 0.15) is 0 Å². The summed E-state index contributed by atoms with van der Waals surface area (Å²) in [5.74, 6) is 0.355. The van der Waals surface area contributed by atoms with Crippen molar-refractivity contribution in [1.29, 1.82) is 0 Å². The van der Waals surface area contributed by atoms with Crippen LogP contribution >= 0.6 is 24.8 Å². The minimum absolute atomic E-state index is 0. The molecule has 8 heteroatoms. The topological polar surface area (TPSA) is 55.8 Å². The smallest absolute Gasteiger partial charge is 0.147 e. The number of ether oxygens (including phenoxy) is 2. The number of imide groups is 1. The van der Waals surface area contributed by atoms with Crippen molar-refractivity contribution in [3.63, 3.8) is 0 Å². The molecule has 5 nitrogen and oxygen atoms in total. The van der Waals surface area contributed by atoms with Crippen molar-refractivity contribution in [2.45, 2.75) is 33.3 Å². The molecule has 0 aromatic heterocycles.